The summed E-state index contributed by atoms with van der Waals surface area (Å²) in [6.45, 7) is 3.01. The van der Waals surface area contributed by atoms with Gasteiger partial charge in [-0.2, -0.15) is 4.98 Å². The summed E-state index contributed by atoms with van der Waals surface area (Å²) in [4.78, 5) is 25.0. The molecule has 1 aliphatic heterocycles. The Hall–Kier alpha value is -3.20. The normalized spacial score (nSPS) is 24.3. The second-order valence-corrected chi connectivity index (χ2v) is 9.45. The number of carbonyl (C=O) groups is 1. The van der Waals surface area contributed by atoms with Crippen LogP contribution in [-0.4, -0.2) is 60.5 Å². The summed E-state index contributed by atoms with van der Waals surface area (Å²) < 4.78 is 14.5. The van der Waals surface area contributed by atoms with E-state index in [0.29, 0.717) is 5.95 Å². The van der Waals surface area contributed by atoms with Crippen molar-refractivity contribution in [2.24, 2.45) is 23.5 Å². The Balaban J connectivity index is 0.00000274. The summed E-state index contributed by atoms with van der Waals surface area (Å²) in [5, 5.41) is 6.34. The van der Waals surface area contributed by atoms with Crippen molar-refractivity contribution in [3.05, 3.63) is 47.9 Å². The van der Waals surface area contributed by atoms with E-state index in [0.717, 1.165) is 44.4 Å². The maximum Gasteiger partial charge on any atom is 0.229 e. The number of hydrogen-bond donors (Lipinski definition) is 3. The predicted molar refractivity (Wildman–Crippen MR) is 134 cm³/mol. The number of halogens is 1. The van der Waals surface area contributed by atoms with Crippen LogP contribution in [0.25, 0.3) is 0 Å². The Kier molecular flexibility index (Phi) is 6.74. The second-order valence-electron chi connectivity index (χ2n) is 9.45. The molecular weight excluding hydrogens is 433 g/mol. The third-order valence-electron chi connectivity index (χ3n) is 6.98. The molecule has 9 heteroatoms. The summed E-state index contributed by atoms with van der Waals surface area (Å²) in [5.41, 5.74) is 9.02. The molecule has 8 nitrogen and oxygen atoms in total. The lowest BCUT2D eigenvalue weighted by Gasteiger charge is -2.27. The van der Waals surface area contributed by atoms with Crippen LogP contribution in [0.1, 0.15) is 19.4 Å². The number of allylic oxidation sites excluding steroid dienone is 1. The zero-order chi connectivity index (χ0) is 23.1. The minimum absolute atomic E-state index is 0. The number of nitrogens with one attached hydrogen (secondary N) is 2. The maximum atomic E-state index is 14.5. The Morgan fingerprint density at radius 1 is 1.29 bits per heavy atom. The van der Waals surface area contributed by atoms with E-state index in [1.165, 1.54) is 11.3 Å². The van der Waals surface area contributed by atoms with Gasteiger partial charge in [0.1, 0.15) is 0 Å². The largest absolute Gasteiger partial charge is 0.370 e. The molecule has 2 bridgehead atoms. The van der Waals surface area contributed by atoms with Crippen molar-refractivity contribution in [1.82, 2.24) is 14.9 Å². The second kappa shape index (κ2) is 9.58. The molecule has 3 aliphatic rings. The molecule has 1 aromatic carbocycles. The first-order chi connectivity index (χ1) is 15.9. The number of likely N-dealkylation sites (N-methyl/N-ethyl adjacent to an activating group) is 1. The maximum absolute atomic E-state index is 14.5. The molecule has 1 fully saturated rings. The van der Waals surface area contributed by atoms with Crippen LogP contribution in [0.5, 0.6) is 0 Å². The lowest BCUT2D eigenvalue weighted by molar-refractivity contribution is -0.122. The number of carbonyl (C=O) groups excluding carboxylic acids is 1. The number of amides is 1. The van der Waals surface area contributed by atoms with Crippen LogP contribution in [0, 0.1) is 23.6 Å². The molecule has 0 saturated heterocycles. The molecule has 0 spiro atoms. The zero-order valence-electron chi connectivity index (χ0n) is 19.0. The monoisotopic (exact) mass is 467 g/mol. The highest BCUT2D eigenvalue weighted by atomic mass is 19.1. The molecule has 4 unspecified atom stereocenters. The quantitative estimate of drug-likeness (QED) is 0.513. The van der Waals surface area contributed by atoms with Crippen LogP contribution in [0.15, 0.2) is 36.5 Å². The van der Waals surface area contributed by atoms with E-state index in [1.54, 1.807) is 0 Å². The van der Waals surface area contributed by atoms with Gasteiger partial charge in [0.25, 0.3) is 0 Å². The van der Waals surface area contributed by atoms with Crippen molar-refractivity contribution >= 4 is 29.0 Å². The standard InChI is InChI=1S/C24H30FN7O.CH4/c1-31(2)9-10-32-8-7-14-12-17(5-6-19(14)32)28-24-27-13-18(25)23(30-24)29-21-16-4-3-15(11-16)20(21)22(26)33;/h3-6,12-13,15-16,20-21H,7-11H2,1-2H3,(H2,26,33)(H2,27,28,29,30);1H4. The number of rotatable bonds is 8. The van der Waals surface area contributed by atoms with Gasteiger partial charge < -0.3 is 26.2 Å². The fourth-order valence-corrected chi connectivity index (χ4v) is 5.32. The van der Waals surface area contributed by atoms with Gasteiger partial charge in [0.2, 0.25) is 11.9 Å². The third kappa shape index (κ3) is 4.57. The van der Waals surface area contributed by atoms with E-state index >= 15 is 0 Å². The van der Waals surface area contributed by atoms with Gasteiger partial charge in [0.05, 0.1) is 12.1 Å². The topological polar surface area (TPSA) is 99.4 Å². The molecule has 182 valence electrons. The molecule has 1 saturated carbocycles. The molecule has 1 aromatic heterocycles. The Morgan fingerprint density at radius 2 is 2.09 bits per heavy atom. The summed E-state index contributed by atoms with van der Waals surface area (Å²) in [5.74, 6) is -0.646. The SMILES string of the molecule is C.CN(C)CCN1CCc2cc(Nc3ncc(F)c(NC4C5C=CC(C5)C4C(N)=O)n3)ccc21. The van der Waals surface area contributed by atoms with E-state index in [1.807, 2.05) is 12.1 Å². The summed E-state index contributed by atoms with van der Waals surface area (Å²) >= 11 is 0. The minimum atomic E-state index is -0.555. The van der Waals surface area contributed by atoms with E-state index in [-0.39, 0.29) is 42.9 Å². The van der Waals surface area contributed by atoms with Gasteiger partial charge in [-0.15, -0.1) is 0 Å². The smallest absolute Gasteiger partial charge is 0.229 e. The van der Waals surface area contributed by atoms with Crippen LogP contribution in [0.4, 0.5) is 27.5 Å². The van der Waals surface area contributed by atoms with Gasteiger partial charge in [-0.05, 0) is 62.5 Å². The molecule has 2 aromatic rings. The number of primary amides is 1. The molecular formula is C25H34FN7O. The molecule has 34 heavy (non-hydrogen) atoms. The Morgan fingerprint density at radius 3 is 2.85 bits per heavy atom. The van der Waals surface area contributed by atoms with Crippen molar-refractivity contribution in [3.63, 3.8) is 0 Å². The van der Waals surface area contributed by atoms with Crippen molar-refractivity contribution < 1.29 is 9.18 Å². The van der Waals surface area contributed by atoms with Crippen molar-refractivity contribution in [3.8, 4) is 0 Å². The van der Waals surface area contributed by atoms with Gasteiger partial charge in [0.15, 0.2) is 11.6 Å². The lowest BCUT2D eigenvalue weighted by Crippen LogP contribution is -2.41. The summed E-state index contributed by atoms with van der Waals surface area (Å²) in [7, 11) is 4.16. The number of nitrogens with zero attached hydrogens (tertiary/aromatic N) is 4. The highest BCUT2D eigenvalue weighted by Crippen LogP contribution is 2.45. The van der Waals surface area contributed by atoms with Crippen LogP contribution >= 0.6 is 0 Å². The van der Waals surface area contributed by atoms with Crippen molar-refractivity contribution in [1.29, 1.82) is 0 Å². The average Bonchev–Trinajstić information content (AvgIpc) is 3.49. The first-order valence-electron chi connectivity index (χ1n) is 11.5. The lowest BCUT2D eigenvalue weighted by atomic mass is 9.88. The van der Waals surface area contributed by atoms with Crippen LogP contribution < -0.4 is 21.3 Å². The first kappa shape index (κ1) is 23.9. The van der Waals surface area contributed by atoms with Gasteiger partial charge in [-0.3, -0.25) is 4.79 Å². The molecule has 1 amide bonds. The van der Waals surface area contributed by atoms with Gasteiger partial charge in [-0.1, -0.05) is 19.6 Å². The number of fused-ring (bicyclic) bond motifs is 3. The van der Waals surface area contributed by atoms with Gasteiger partial charge in [0, 0.05) is 37.1 Å². The molecule has 2 aliphatic carbocycles. The van der Waals surface area contributed by atoms with Gasteiger partial charge >= 0.3 is 0 Å². The van der Waals surface area contributed by atoms with Crippen molar-refractivity contribution in [2.45, 2.75) is 26.3 Å². The summed E-state index contributed by atoms with van der Waals surface area (Å²) in [6, 6.07) is 5.95. The fraction of sp³-hybridized carbons (Fsp3) is 0.480. The summed E-state index contributed by atoms with van der Waals surface area (Å²) in [6.07, 6.45) is 7.10. The van der Waals surface area contributed by atoms with Crippen LogP contribution in [0.3, 0.4) is 0 Å². The fourth-order valence-electron chi connectivity index (χ4n) is 5.32. The number of benzene rings is 1. The van der Waals surface area contributed by atoms with Crippen molar-refractivity contribution in [2.75, 3.05) is 49.3 Å². The first-order valence-corrected chi connectivity index (χ1v) is 11.5. The minimum Gasteiger partial charge on any atom is -0.370 e. The molecule has 5 rings (SSSR count). The molecule has 4 atom stereocenters. The van der Waals surface area contributed by atoms with E-state index in [2.05, 4.69) is 62.7 Å². The Bertz CT molecular complexity index is 1090. The van der Waals surface area contributed by atoms with Gasteiger partial charge in [-0.25, -0.2) is 9.37 Å². The molecule has 4 N–H and O–H groups in total. The van der Waals surface area contributed by atoms with E-state index in [9.17, 15) is 9.18 Å². The predicted octanol–water partition coefficient (Wildman–Crippen LogP) is 3.01. The number of aromatic nitrogens is 2. The van der Waals surface area contributed by atoms with Crippen LogP contribution in [-0.2, 0) is 11.2 Å². The highest BCUT2D eigenvalue weighted by Gasteiger charge is 2.47. The number of nitrogens with two attached hydrogens (primary N) is 1. The zero-order valence-corrected chi connectivity index (χ0v) is 19.0. The average molecular weight is 468 g/mol. The highest BCUT2D eigenvalue weighted by molar-refractivity contribution is 5.79. The molecule has 2 heterocycles. The van der Waals surface area contributed by atoms with Crippen LogP contribution in [0.2, 0.25) is 0 Å². The number of hydrogen-bond acceptors (Lipinski definition) is 7. The number of anilines is 4. The molecule has 0 radical (unpaired) electrons. The third-order valence-corrected chi connectivity index (χ3v) is 6.98. The van der Waals surface area contributed by atoms with E-state index < -0.39 is 5.82 Å². The van der Waals surface area contributed by atoms with E-state index in [4.69, 9.17) is 5.73 Å². The Labute approximate surface area is 200 Å².